The van der Waals surface area contributed by atoms with E-state index >= 15 is 0 Å². The first-order valence-electron chi connectivity index (χ1n) is 8.39. The van der Waals surface area contributed by atoms with Crippen LogP contribution in [0, 0.1) is 5.92 Å². The van der Waals surface area contributed by atoms with Crippen LogP contribution in [-0.4, -0.2) is 17.8 Å². The van der Waals surface area contributed by atoms with Gasteiger partial charge in [-0.1, -0.05) is 26.2 Å². The maximum Gasteiger partial charge on any atom is 0.124 e. The van der Waals surface area contributed by atoms with Gasteiger partial charge in [0.2, 0.25) is 0 Å². The van der Waals surface area contributed by atoms with Gasteiger partial charge in [0.25, 0.3) is 0 Å². The summed E-state index contributed by atoms with van der Waals surface area (Å²) >= 11 is 0. The van der Waals surface area contributed by atoms with Gasteiger partial charge in [-0.15, -0.1) is 0 Å². The highest BCUT2D eigenvalue weighted by Crippen LogP contribution is 2.29. The predicted molar refractivity (Wildman–Crippen MR) is 87.8 cm³/mol. The summed E-state index contributed by atoms with van der Waals surface area (Å²) in [6.07, 6.45) is 7.83. The number of nitrogens with one attached hydrogen (secondary N) is 1. The SMILES string of the molecule is CCOc1ccc(NC2CCCC(CC)CC2)cc1CO. The molecule has 0 bridgehead atoms. The van der Waals surface area contributed by atoms with E-state index in [4.69, 9.17) is 4.74 Å². The smallest absolute Gasteiger partial charge is 0.124 e. The lowest BCUT2D eigenvalue weighted by Crippen LogP contribution is -2.18. The lowest BCUT2D eigenvalue weighted by atomic mass is 9.98. The summed E-state index contributed by atoms with van der Waals surface area (Å²) < 4.78 is 5.53. The minimum atomic E-state index is 0.0213. The Bertz CT molecular complexity index is 433. The third-order valence-corrected chi connectivity index (χ3v) is 4.57. The number of benzene rings is 1. The van der Waals surface area contributed by atoms with Crippen molar-refractivity contribution in [3.05, 3.63) is 23.8 Å². The number of rotatable bonds is 6. The Balaban J connectivity index is 1.99. The molecule has 1 saturated carbocycles. The van der Waals surface area contributed by atoms with Gasteiger partial charge in [-0.2, -0.15) is 0 Å². The molecule has 2 atom stereocenters. The molecule has 1 aliphatic rings. The molecule has 0 aliphatic heterocycles. The fourth-order valence-electron chi connectivity index (χ4n) is 3.26. The Morgan fingerprint density at radius 1 is 1.19 bits per heavy atom. The van der Waals surface area contributed by atoms with Crippen LogP contribution in [0.1, 0.15) is 57.9 Å². The molecule has 0 radical (unpaired) electrons. The average molecular weight is 291 g/mol. The molecule has 2 rings (SSSR count). The summed E-state index contributed by atoms with van der Waals surface area (Å²) in [5.41, 5.74) is 1.96. The summed E-state index contributed by atoms with van der Waals surface area (Å²) in [5.74, 6) is 1.70. The summed E-state index contributed by atoms with van der Waals surface area (Å²) in [6, 6.07) is 6.61. The maximum absolute atomic E-state index is 9.48. The topological polar surface area (TPSA) is 41.5 Å². The van der Waals surface area contributed by atoms with Crippen molar-refractivity contribution in [2.45, 2.75) is 65.0 Å². The molecule has 0 amide bonds. The first-order valence-corrected chi connectivity index (χ1v) is 8.39. The molecule has 0 saturated heterocycles. The van der Waals surface area contributed by atoms with Crippen molar-refractivity contribution in [2.75, 3.05) is 11.9 Å². The van der Waals surface area contributed by atoms with E-state index in [2.05, 4.69) is 18.3 Å². The molecule has 0 aromatic heterocycles. The lowest BCUT2D eigenvalue weighted by molar-refractivity contribution is 0.267. The molecule has 1 fully saturated rings. The highest BCUT2D eigenvalue weighted by Gasteiger charge is 2.17. The highest BCUT2D eigenvalue weighted by atomic mass is 16.5. The van der Waals surface area contributed by atoms with Gasteiger partial charge in [0.15, 0.2) is 0 Å². The Kier molecular flexibility index (Phi) is 6.37. The monoisotopic (exact) mass is 291 g/mol. The molecule has 3 nitrogen and oxygen atoms in total. The van der Waals surface area contributed by atoms with E-state index in [1.807, 2.05) is 19.1 Å². The summed E-state index contributed by atoms with van der Waals surface area (Å²) in [7, 11) is 0. The van der Waals surface area contributed by atoms with Crippen molar-refractivity contribution in [2.24, 2.45) is 5.92 Å². The summed E-state index contributed by atoms with van der Waals surface area (Å²) in [6.45, 7) is 4.91. The molecule has 0 spiro atoms. The van der Waals surface area contributed by atoms with Crippen LogP contribution in [0.25, 0.3) is 0 Å². The molecular weight excluding hydrogens is 262 g/mol. The molecular formula is C18H29NO2. The van der Waals surface area contributed by atoms with Gasteiger partial charge >= 0.3 is 0 Å². The third kappa shape index (κ3) is 4.63. The highest BCUT2D eigenvalue weighted by molar-refractivity contribution is 5.51. The van der Waals surface area contributed by atoms with Crippen molar-refractivity contribution in [3.8, 4) is 5.75 Å². The molecule has 2 unspecified atom stereocenters. The third-order valence-electron chi connectivity index (χ3n) is 4.57. The number of aliphatic hydroxyl groups is 1. The van der Waals surface area contributed by atoms with Crippen LogP contribution in [-0.2, 0) is 6.61 Å². The van der Waals surface area contributed by atoms with E-state index in [1.165, 1.54) is 38.5 Å². The first-order chi connectivity index (χ1) is 10.3. The standard InChI is InChI=1S/C18H29NO2/c1-3-14-6-5-7-16(9-8-14)19-17-10-11-18(21-4-2)15(12-17)13-20/h10-12,14,16,19-20H,3-9,13H2,1-2H3. The summed E-state index contributed by atoms with van der Waals surface area (Å²) in [4.78, 5) is 0. The average Bonchev–Trinajstić information content (AvgIpc) is 2.74. The Labute approximate surface area is 128 Å². The van der Waals surface area contributed by atoms with E-state index < -0.39 is 0 Å². The Morgan fingerprint density at radius 2 is 2.05 bits per heavy atom. The van der Waals surface area contributed by atoms with Gasteiger partial charge in [-0.3, -0.25) is 0 Å². The quantitative estimate of drug-likeness (QED) is 0.766. The van der Waals surface area contributed by atoms with Crippen LogP contribution >= 0.6 is 0 Å². The van der Waals surface area contributed by atoms with E-state index in [0.29, 0.717) is 12.6 Å². The van der Waals surface area contributed by atoms with Crippen molar-refractivity contribution in [3.63, 3.8) is 0 Å². The van der Waals surface area contributed by atoms with E-state index in [-0.39, 0.29) is 6.61 Å². The molecule has 118 valence electrons. The second-order valence-electron chi connectivity index (χ2n) is 6.04. The number of aliphatic hydroxyl groups excluding tert-OH is 1. The van der Waals surface area contributed by atoms with Gasteiger partial charge in [-0.05, 0) is 50.3 Å². The lowest BCUT2D eigenvalue weighted by Gasteiger charge is -2.19. The van der Waals surface area contributed by atoms with Crippen LogP contribution in [0.5, 0.6) is 5.75 Å². The largest absolute Gasteiger partial charge is 0.494 e. The van der Waals surface area contributed by atoms with Crippen molar-refractivity contribution in [1.82, 2.24) is 0 Å². The van der Waals surface area contributed by atoms with Crippen LogP contribution in [0.2, 0.25) is 0 Å². The van der Waals surface area contributed by atoms with Gasteiger partial charge in [-0.25, -0.2) is 0 Å². The zero-order chi connectivity index (χ0) is 15.1. The van der Waals surface area contributed by atoms with Crippen LogP contribution in [0.4, 0.5) is 5.69 Å². The number of hydrogen-bond acceptors (Lipinski definition) is 3. The summed E-state index contributed by atoms with van der Waals surface area (Å²) in [5, 5.41) is 13.1. The minimum Gasteiger partial charge on any atom is -0.494 e. The zero-order valence-corrected chi connectivity index (χ0v) is 13.4. The van der Waals surface area contributed by atoms with Crippen molar-refractivity contribution < 1.29 is 9.84 Å². The zero-order valence-electron chi connectivity index (χ0n) is 13.4. The van der Waals surface area contributed by atoms with Crippen LogP contribution in [0.3, 0.4) is 0 Å². The predicted octanol–water partition coefficient (Wildman–Crippen LogP) is 4.35. The van der Waals surface area contributed by atoms with E-state index in [9.17, 15) is 5.11 Å². The van der Waals surface area contributed by atoms with Gasteiger partial charge in [0, 0.05) is 17.3 Å². The molecule has 1 aromatic rings. The number of ether oxygens (including phenoxy) is 1. The van der Waals surface area contributed by atoms with Crippen LogP contribution in [0.15, 0.2) is 18.2 Å². The number of hydrogen-bond donors (Lipinski definition) is 2. The van der Waals surface area contributed by atoms with Crippen molar-refractivity contribution in [1.29, 1.82) is 0 Å². The van der Waals surface area contributed by atoms with Gasteiger partial charge < -0.3 is 15.2 Å². The van der Waals surface area contributed by atoms with E-state index in [1.54, 1.807) is 0 Å². The fraction of sp³-hybridized carbons (Fsp3) is 0.667. The first kappa shape index (κ1) is 16.2. The second-order valence-corrected chi connectivity index (χ2v) is 6.04. The second kappa shape index (κ2) is 8.28. The molecule has 1 aliphatic carbocycles. The maximum atomic E-state index is 9.48. The van der Waals surface area contributed by atoms with Crippen molar-refractivity contribution >= 4 is 5.69 Å². The van der Waals surface area contributed by atoms with E-state index in [0.717, 1.165) is 22.9 Å². The van der Waals surface area contributed by atoms with Gasteiger partial charge in [0.05, 0.1) is 13.2 Å². The molecule has 0 heterocycles. The fourth-order valence-corrected chi connectivity index (χ4v) is 3.26. The Hall–Kier alpha value is -1.22. The normalized spacial score (nSPS) is 22.6. The van der Waals surface area contributed by atoms with Gasteiger partial charge in [0.1, 0.15) is 5.75 Å². The molecule has 1 aromatic carbocycles. The molecule has 3 heteroatoms. The Morgan fingerprint density at radius 3 is 2.76 bits per heavy atom. The number of anilines is 1. The molecule has 21 heavy (non-hydrogen) atoms. The van der Waals surface area contributed by atoms with Crippen LogP contribution < -0.4 is 10.1 Å². The molecule has 2 N–H and O–H groups in total. The minimum absolute atomic E-state index is 0.0213.